The van der Waals surface area contributed by atoms with Crippen molar-refractivity contribution < 1.29 is 33.0 Å². The van der Waals surface area contributed by atoms with Crippen molar-refractivity contribution in [1.82, 2.24) is 14.9 Å². The number of benzene rings is 2. The second-order valence-corrected chi connectivity index (χ2v) is 10.2. The summed E-state index contributed by atoms with van der Waals surface area (Å²) in [5.74, 6) is -1.67. The Kier molecular flexibility index (Phi) is 8.57. The Balaban J connectivity index is 1.49. The number of hydrogen-bond donors (Lipinski definition) is 4. The van der Waals surface area contributed by atoms with Crippen LogP contribution in [0.15, 0.2) is 36.5 Å². The summed E-state index contributed by atoms with van der Waals surface area (Å²) in [6.45, 7) is -0.245. The molecule has 0 radical (unpaired) electrons. The van der Waals surface area contributed by atoms with Gasteiger partial charge in [0.15, 0.2) is 0 Å². The average molecular weight is 599 g/mol. The number of methoxy groups -OCH3 is 1. The maximum atomic E-state index is 15.1. The summed E-state index contributed by atoms with van der Waals surface area (Å²) in [7, 11) is 1.25. The highest BCUT2D eigenvalue weighted by Gasteiger charge is 2.31. The van der Waals surface area contributed by atoms with Crippen LogP contribution in [0.3, 0.4) is 0 Å². The third kappa shape index (κ3) is 6.30. The number of anilines is 3. The van der Waals surface area contributed by atoms with Gasteiger partial charge in [-0.25, -0.2) is 19.0 Å². The third-order valence-electron chi connectivity index (χ3n) is 7.07. The van der Waals surface area contributed by atoms with Gasteiger partial charge in [0.05, 0.1) is 54.4 Å². The van der Waals surface area contributed by atoms with E-state index in [1.54, 1.807) is 24.4 Å². The number of carbonyl (C=O) groups excluding carboxylic acids is 4. The molecule has 3 aromatic rings. The van der Waals surface area contributed by atoms with Crippen LogP contribution in [0.2, 0.25) is 5.02 Å². The maximum absolute atomic E-state index is 15.1. The molecule has 0 saturated carbocycles. The maximum Gasteiger partial charge on any atom is 0.411 e. The number of hydrogen-bond acceptors (Lipinski definition) is 7. The Morgan fingerprint density at radius 3 is 2.81 bits per heavy atom. The number of aromatic amines is 1. The van der Waals surface area contributed by atoms with Crippen molar-refractivity contribution in [2.24, 2.45) is 0 Å². The summed E-state index contributed by atoms with van der Waals surface area (Å²) in [5, 5.41) is 7.83. The van der Waals surface area contributed by atoms with E-state index in [0.717, 1.165) is 0 Å². The minimum absolute atomic E-state index is 0.0168. The fraction of sp³-hybridized carbons (Fsp3) is 0.321. The monoisotopic (exact) mass is 598 g/mol. The lowest BCUT2D eigenvalue weighted by Crippen LogP contribution is -2.37. The van der Waals surface area contributed by atoms with E-state index in [1.165, 1.54) is 24.1 Å². The van der Waals surface area contributed by atoms with Gasteiger partial charge in [-0.05, 0) is 43.2 Å². The predicted molar refractivity (Wildman–Crippen MR) is 152 cm³/mol. The highest BCUT2D eigenvalue weighted by atomic mass is 35.5. The minimum Gasteiger partial charge on any atom is -0.453 e. The molecule has 2 aliphatic rings. The molecule has 2 bridgehead atoms. The van der Waals surface area contributed by atoms with Gasteiger partial charge in [0.2, 0.25) is 11.8 Å². The van der Waals surface area contributed by atoms with Crippen molar-refractivity contribution in [2.45, 2.75) is 38.1 Å². The molecule has 42 heavy (non-hydrogen) atoms. The summed E-state index contributed by atoms with van der Waals surface area (Å²) in [6.07, 6.45) is 1.73. The van der Waals surface area contributed by atoms with E-state index in [-0.39, 0.29) is 54.2 Å². The number of aromatic nitrogens is 2. The van der Waals surface area contributed by atoms with E-state index in [9.17, 15) is 19.2 Å². The third-order valence-corrected chi connectivity index (χ3v) is 7.37. The van der Waals surface area contributed by atoms with E-state index in [4.69, 9.17) is 16.3 Å². The Morgan fingerprint density at radius 1 is 1.17 bits per heavy atom. The largest absolute Gasteiger partial charge is 0.453 e. The quantitative estimate of drug-likeness (QED) is 0.315. The number of imidazole rings is 1. The SMILES string of the molecule is COC(=O)Nc1ccc2c(c1)NC(=O)CCCCC(C(=O)N1CCOC(=O)Nc3ccc(Cl)c(F)c3C1)c1ncc-2[nH]1. The van der Waals surface area contributed by atoms with Crippen LogP contribution in [0.25, 0.3) is 11.3 Å². The number of fused-ring (bicyclic) bond motifs is 5. The molecule has 0 saturated heterocycles. The van der Waals surface area contributed by atoms with E-state index in [1.807, 2.05) is 0 Å². The molecule has 0 aliphatic carbocycles. The summed E-state index contributed by atoms with van der Waals surface area (Å²) in [4.78, 5) is 59.8. The van der Waals surface area contributed by atoms with E-state index < -0.39 is 23.9 Å². The van der Waals surface area contributed by atoms with Crippen molar-refractivity contribution >= 4 is 52.7 Å². The molecule has 220 valence electrons. The van der Waals surface area contributed by atoms with Crippen LogP contribution in [0.1, 0.15) is 43.0 Å². The molecular formula is C28H28ClFN6O6. The summed E-state index contributed by atoms with van der Waals surface area (Å²) in [5.41, 5.74) is 2.20. The number of nitrogens with zero attached hydrogens (tertiary/aromatic N) is 2. The Bertz CT molecular complexity index is 1550. The zero-order valence-corrected chi connectivity index (χ0v) is 23.3. The Hall–Kier alpha value is -4.65. The fourth-order valence-electron chi connectivity index (χ4n) is 4.94. The number of ether oxygens (including phenoxy) is 2. The van der Waals surface area contributed by atoms with Crippen molar-refractivity contribution in [1.29, 1.82) is 0 Å². The van der Waals surface area contributed by atoms with Crippen LogP contribution >= 0.6 is 11.6 Å². The van der Waals surface area contributed by atoms with Crippen LogP contribution in [0.4, 0.5) is 31.0 Å². The number of halogens is 2. The average Bonchev–Trinajstić information content (AvgIpc) is 3.47. The number of rotatable bonds is 2. The number of carbonyl (C=O) groups is 4. The summed E-state index contributed by atoms with van der Waals surface area (Å²) in [6, 6.07) is 7.73. The number of cyclic esters (lactones) is 1. The van der Waals surface area contributed by atoms with Gasteiger partial charge in [-0.2, -0.15) is 0 Å². The summed E-state index contributed by atoms with van der Waals surface area (Å²) < 4.78 is 24.9. The molecule has 0 fully saturated rings. The molecule has 3 heterocycles. The van der Waals surface area contributed by atoms with E-state index in [0.29, 0.717) is 47.7 Å². The van der Waals surface area contributed by atoms with Crippen LogP contribution in [-0.2, 0) is 25.6 Å². The van der Waals surface area contributed by atoms with Gasteiger partial charge in [-0.15, -0.1) is 0 Å². The van der Waals surface area contributed by atoms with Crippen LogP contribution in [0.5, 0.6) is 0 Å². The molecule has 4 amide bonds. The van der Waals surface area contributed by atoms with Gasteiger partial charge in [0.25, 0.3) is 0 Å². The predicted octanol–water partition coefficient (Wildman–Crippen LogP) is 5.23. The number of amides is 4. The van der Waals surface area contributed by atoms with Crippen LogP contribution < -0.4 is 16.0 Å². The highest BCUT2D eigenvalue weighted by molar-refractivity contribution is 6.31. The Labute approximate surface area is 244 Å². The van der Waals surface area contributed by atoms with Crippen LogP contribution in [-0.4, -0.2) is 59.1 Å². The van der Waals surface area contributed by atoms with E-state index in [2.05, 4.69) is 30.7 Å². The smallest absolute Gasteiger partial charge is 0.411 e. The first-order chi connectivity index (χ1) is 20.2. The molecule has 14 heteroatoms. The van der Waals surface area contributed by atoms with Crippen LogP contribution in [0, 0.1) is 5.82 Å². The normalized spacial score (nSPS) is 17.3. The molecule has 12 nitrogen and oxygen atoms in total. The zero-order chi connectivity index (χ0) is 29.8. The van der Waals surface area contributed by atoms with Gasteiger partial charge in [0, 0.05) is 23.2 Å². The molecular weight excluding hydrogens is 571 g/mol. The van der Waals surface area contributed by atoms with Crippen molar-refractivity contribution in [3.8, 4) is 11.3 Å². The van der Waals surface area contributed by atoms with Gasteiger partial charge < -0.3 is 24.7 Å². The standard InChI is InChI=1S/C28H28ClFN6O6/c1-41-27(39)32-15-6-7-16-21(12-15)33-23(37)5-3-2-4-17(25-31-13-22(16)34-25)26(38)36-10-11-42-28(40)35-20-9-8-19(29)24(30)18(20)14-36/h6-9,12-13,17H,2-5,10-11,14H2,1H3,(H,31,34)(H,32,39)(H,33,37)(H,35,40). The Morgan fingerprint density at radius 2 is 2.00 bits per heavy atom. The molecule has 0 spiro atoms. The lowest BCUT2D eigenvalue weighted by Gasteiger charge is -2.27. The first-order valence-electron chi connectivity index (χ1n) is 13.3. The number of H-pyrrole nitrogens is 1. The molecule has 1 atom stereocenters. The second kappa shape index (κ2) is 12.5. The molecule has 2 aliphatic heterocycles. The first-order valence-corrected chi connectivity index (χ1v) is 13.6. The topological polar surface area (TPSA) is 155 Å². The lowest BCUT2D eigenvalue weighted by molar-refractivity contribution is -0.134. The van der Waals surface area contributed by atoms with Crippen molar-refractivity contribution in [3.63, 3.8) is 0 Å². The van der Waals surface area contributed by atoms with Gasteiger partial charge >= 0.3 is 12.2 Å². The molecule has 2 aromatic carbocycles. The number of nitrogens with one attached hydrogen (secondary N) is 4. The molecule has 5 rings (SSSR count). The van der Waals surface area contributed by atoms with Crippen molar-refractivity contribution in [2.75, 3.05) is 36.2 Å². The van der Waals surface area contributed by atoms with Gasteiger partial charge in [0.1, 0.15) is 18.2 Å². The minimum atomic E-state index is -0.768. The molecule has 1 aromatic heterocycles. The van der Waals surface area contributed by atoms with E-state index >= 15 is 4.39 Å². The van der Waals surface area contributed by atoms with Gasteiger partial charge in [-0.3, -0.25) is 20.2 Å². The zero-order valence-electron chi connectivity index (χ0n) is 22.6. The van der Waals surface area contributed by atoms with Crippen molar-refractivity contribution in [3.05, 3.63) is 58.8 Å². The lowest BCUT2D eigenvalue weighted by atomic mass is 9.97. The fourth-order valence-corrected chi connectivity index (χ4v) is 5.12. The summed E-state index contributed by atoms with van der Waals surface area (Å²) >= 11 is 6.02. The first kappa shape index (κ1) is 28.9. The molecule has 4 N–H and O–H groups in total. The molecule has 1 unspecified atom stereocenters. The second-order valence-electron chi connectivity index (χ2n) is 9.81. The van der Waals surface area contributed by atoms with Gasteiger partial charge in [-0.1, -0.05) is 18.0 Å². The highest BCUT2D eigenvalue weighted by Crippen LogP contribution is 2.34.